The van der Waals surface area contributed by atoms with Crippen LogP contribution in [0.1, 0.15) is 22.3 Å². The zero-order chi connectivity index (χ0) is 12.5. The maximum absolute atomic E-state index is 11.0. The lowest BCUT2D eigenvalue weighted by atomic mass is 10.1. The number of aromatic carboxylic acids is 1. The average molecular weight is 260 g/mol. The van der Waals surface area contributed by atoms with Crippen LogP contribution in [0.5, 0.6) is 0 Å². The minimum Gasteiger partial charge on any atom is -0.492 e. The molecule has 0 amide bonds. The monoisotopic (exact) mass is 260 g/mol. The summed E-state index contributed by atoms with van der Waals surface area (Å²) < 4.78 is 5.78. The fourth-order valence-electron chi connectivity index (χ4n) is 2.07. The Kier molecular flexibility index (Phi) is 2.88. The molecule has 18 heavy (non-hydrogen) atoms. The van der Waals surface area contributed by atoms with Crippen LogP contribution in [-0.4, -0.2) is 16.3 Å². The molecule has 3 nitrogen and oxygen atoms in total. The minimum absolute atomic E-state index is 0.264. The van der Waals surface area contributed by atoms with Crippen molar-refractivity contribution in [3.63, 3.8) is 0 Å². The Hall–Kier alpha value is -1.68. The zero-order valence-corrected chi connectivity index (χ0v) is 10.4. The molecule has 1 aliphatic carbocycles. The number of rotatable bonds is 1. The first kappa shape index (κ1) is 11.4. The zero-order valence-electron chi connectivity index (χ0n) is 9.63. The molecule has 92 valence electrons. The number of carboxylic acids is 1. The number of carboxylic acid groups (broad SMARTS) is 1. The molecule has 0 radical (unpaired) electrons. The molecule has 1 aliphatic heterocycles. The first-order valence-corrected chi connectivity index (χ1v) is 6.64. The highest BCUT2D eigenvalue weighted by Crippen LogP contribution is 2.39. The number of carbonyl (C=O) groups is 1. The van der Waals surface area contributed by atoms with Crippen LogP contribution < -0.4 is 0 Å². The van der Waals surface area contributed by atoms with Gasteiger partial charge in [-0.05, 0) is 24.6 Å². The SMILES string of the molecule is O=C(O)c1ccc2c(c1)SC1CC=CC=C1OC2. The smallest absolute Gasteiger partial charge is 0.335 e. The lowest BCUT2D eigenvalue weighted by Crippen LogP contribution is -2.08. The second-order valence-electron chi connectivity index (χ2n) is 4.26. The molecule has 1 aromatic carbocycles. The van der Waals surface area contributed by atoms with Gasteiger partial charge in [-0.3, -0.25) is 0 Å². The van der Waals surface area contributed by atoms with Crippen molar-refractivity contribution in [3.05, 3.63) is 53.3 Å². The molecule has 1 heterocycles. The first-order chi connectivity index (χ1) is 8.74. The van der Waals surface area contributed by atoms with Crippen LogP contribution in [-0.2, 0) is 11.3 Å². The minimum atomic E-state index is -0.886. The Morgan fingerprint density at radius 1 is 1.44 bits per heavy atom. The number of fused-ring (bicyclic) bond motifs is 2. The highest BCUT2D eigenvalue weighted by molar-refractivity contribution is 8.00. The van der Waals surface area contributed by atoms with Gasteiger partial charge in [-0.25, -0.2) is 4.79 Å². The third-order valence-corrected chi connectivity index (χ3v) is 4.38. The summed E-state index contributed by atoms with van der Waals surface area (Å²) in [4.78, 5) is 12.0. The van der Waals surface area contributed by atoms with Gasteiger partial charge < -0.3 is 9.84 Å². The van der Waals surface area contributed by atoms with E-state index in [0.29, 0.717) is 12.2 Å². The number of hydrogen-bond donors (Lipinski definition) is 1. The van der Waals surface area contributed by atoms with Crippen molar-refractivity contribution in [1.82, 2.24) is 0 Å². The van der Waals surface area contributed by atoms with Gasteiger partial charge in [0, 0.05) is 10.5 Å². The number of ether oxygens (including phenoxy) is 1. The molecule has 1 N–H and O–H groups in total. The standard InChI is InChI=1S/C14H12O3S/c15-14(16)9-5-6-10-8-17-11-3-1-2-4-12(11)18-13(10)7-9/h1-3,5-7,12H,4,8H2,(H,15,16). The highest BCUT2D eigenvalue weighted by atomic mass is 32.2. The van der Waals surface area contributed by atoms with E-state index >= 15 is 0 Å². The maximum Gasteiger partial charge on any atom is 0.335 e. The Bertz CT molecular complexity index is 560. The second kappa shape index (κ2) is 4.53. The summed E-state index contributed by atoms with van der Waals surface area (Å²) in [5, 5.41) is 9.29. The van der Waals surface area contributed by atoms with Crippen LogP contribution in [0.4, 0.5) is 0 Å². The quantitative estimate of drug-likeness (QED) is 0.842. The highest BCUT2D eigenvalue weighted by Gasteiger charge is 2.24. The van der Waals surface area contributed by atoms with Gasteiger partial charge in [-0.2, -0.15) is 0 Å². The summed E-state index contributed by atoms with van der Waals surface area (Å²) in [6, 6.07) is 5.22. The Morgan fingerprint density at radius 3 is 3.17 bits per heavy atom. The summed E-state index contributed by atoms with van der Waals surface area (Å²) in [5.74, 6) is 0.0958. The summed E-state index contributed by atoms with van der Waals surface area (Å²) in [7, 11) is 0. The molecule has 0 saturated carbocycles. The van der Waals surface area contributed by atoms with Gasteiger partial charge in [0.1, 0.15) is 12.4 Å². The summed E-state index contributed by atoms with van der Waals surface area (Å²) in [6.07, 6.45) is 7.03. The predicted octanol–water partition coefficient (Wildman–Crippen LogP) is 3.22. The fourth-order valence-corrected chi connectivity index (χ4v) is 3.32. The van der Waals surface area contributed by atoms with Crippen LogP contribution in [0.25, 0.3) is 0 Å². The van der Waals surface area contributed by atoms with Crippen LogP contribution in [0, 0.1) is 0 Å². The van der Waals surface area contributed by atoms with Crippen molar-refractivity contribution < 1.29 is 14.6 Å². The van der Waals surface area contributed by atoms with Gasteiger partial charge in [-0.1, -0.05) is 18.2 Å². The molecule has 4 heteroatoms. The van der Waals surface area contributed by atoms with E-state index in [1.807, 2.05) is 18.2 Å². The van der Waals surface area contributed by atoms with Crippen molar-refractivity contribution in [3.8, 4) is 0 Å². The molecular weight excluding hydrogens is 248 g/mol. The van der Waals surface area contributed by atoms with E-state index in [0.717, 1.165) is 22.6 Å². The maximum atomic E-state index is 11.0. The van der Waals surface area contributed by atoms with Gasteiger partial charge in [0.15, 0.2) is 0 Å². The average Bonchev–Trinajstić information content (AvgIpc) is 2.56. The second-order valence-corrected chi connectivity index (χ2v) is 5.50. The van der Waals surface area contributed by atoms with Crippen molar-refractivity contribution >= 4 is 17.7 Å². The third-order valence-electron chi connectivity index (χ3n) is 3.04. The summed E-state index contributed by atoms with van der Waals surface area (Å²) in [6.45, 7) is 0.512. The van der Waals surface area contributed by atoms with Gasteiger partial charge in [0.2, 0.25) is 0 Å². The van der Waals surface area contributed by atoms with E-state index in [-0.39, 0.29) is 5.25 Å². The van der Waals surface area contributed by atoms with E-state index in [2.05, 4.69) is 6.08 Å². The molecule has 2 aliphatic rings. The molecule has 0 spiro atoms. The first-order valence-electron chi connectivity index (χ1n) is 5.76. The predicted molar refractivity (Wildman–Crippen MR) is 69.7 cm³/mol. The summed E-state index contributed by atoms with van der Waals surface area (Å²) in [5.41, 5.74) is 1.39. The lowest BCUT2D eigenvalue weighted by Gasteiger charge is -2.17. The Balaban J connectivity index is 1.97. The van der Waals surface area contributed by atoms with Crippen molar-refractivity contribution in [1.29, 1.82) is 0 Å². The summed E-state index contributed by atoms with van der Waals surface area (Å²) >= 11 is 1.69. The number of benzene rings is 1. The van der Waals surface area contributed by atoms with Gasteiger partial charge >= 0.3 is 5.97 Å². The van der Waals surface area contributed by atoms with Crippen molar-refractivity contribution in [2.75, 3.05) is 0 Å². The third kappa shape index (κ3) is 2.04. The van der Waals surface area contributed by atoms with Gasteiger partial charge in [-0.15, -0.1) is 11.8 Å². The van der Waals surface area contributed by atoms with E-state index in [1.165, 1.54) is 0 Å². The lowest BCUT2D eigenvalue weighted by molar-refractivity contribution is 0.0696. The molecule has 0 aromatic heterocycles. The topological polar surface area (TPSA) is 46.5 Å². The van der Waals surface area contributed by atoms with E-state index in [9.17, 15) is 4.79 Å². The largest absolute Gasteiger partial charge is 0.492 e. The Morgan fingerprint density at radius 2 is 2.33 bits per heavy atom. The number of thioether (sulfide) groups is 1. The molecular formula is C14H12O3S. The van der Waals surface area contributed by atoms with Gasteiger partial charge in [0.25, 0.3) is 0 Å². The molecule has 0 fully saturated rings. The number of hydrogen-bond acceptors (Lipinski definition) is 3. The molecule has 0 saturated heterocycles. The molecule has 1 aromatic rings. The van der Waals surface area contributed by atoms with Gasteiger partial charge in [0.05, 0.1) is 10.8 Å². The van der Waals surface area contributed by atoms with Crippen LogP contribution in [0.15, 0.2) is 47.1 Å². The Labute approximate surface area is 109 Å². The van der Waals surface area contributed by atoms with Crippen LogP contribution >= 0.6 is 11.8 Å². The van der Waals surface area contributed by atoms with E-state index in [1.54, 1.807) is 23.9 Å². The number of allylic oxidation sites excluding steroid dienone is 3. The molecule has 1 atom stereocenters. The van der Waals surface area contributed by atoms with Crippen LogP contribution in [0.3, 0.4) is 0 Å². The van der Waals surface area contributed by atoms with Crippen LogP contribution in [0.2, 0.25) is 0 Å². The molecule has 3 rings (SSSR count). The normalized spacial score (nSPS) is 21.1. The molecule has 0 bridgehead atoms. The van der Waals surface area contributed by atoms with Crippen molar-refractivity contribution in [2.45, 2.75) is 23.2 Å². The molecule has 1 unspecified atom stereocenters. The van der Waals surface area contributed by atoms with Crippen molar-refractivity contribution in [2.24, 2.45) is 0 Å². The van der Waals surface area contributed by atoms with E-state index < -0.39 is 5.97 Å². The fraction of sp³-hybridized carbons (Fsp3) is 0.214. The van der Waals surface area contributed by atoms with E-state index in [4.69, 9.17) is 9.84 Å².